The van der Waals surface area contributed by atoms with Crippen LogP contribution in [0.3, 0.4) is 0 Å². The van der Waals surface area contributed by atoms with Gasteiger partial charge in [-0.25, -0.2) is 0 Å². The van der Waals surface area contributed by atoms with Crippen LogP contribution in [0.1, 0.15) is 33.1 Å². The molecule has 0 saturated heterocycles. The van der Waals surface area contributed by atoms with E-state index in [2.05, 4.69) is 13.0 Å². The van der Waals surface area contributed by atoms with Crippen molar-refractivity contribution in [3.63, 3.8) is 0 Å². The lowest BCUT2D eigenvalue weighted by atomic mass is 10.2. The van der Waals surface area contributed by atoms with Crippen LogP contribution in [0.5, 0.6) is 0 Å². The van der Waals surface area contributed by atoms with Crippen LogP contribution in [-0.2, 0) is 4.74 Å². The lowest BCUT2D eigenvalue weighted by Gasteiger charge is -2.10. The fourth-order valence-electron chi connectivity index (χ4n) is 0.707. The SMILES string of the molecule is CCCOC(CC)CC#N. The van der Waals surface area contributed by atoms with Crippen molar-refractivity contribution in [2.45, 2.75) is 39.2 Å². The zero-order valence-corrected chi connectivity index (χ0v) is 6.76. The summed E-state index contributed by atoms with van der Waals surface area (Å²) in [7, 11) is 0. The maximum atomic E-state index is 8.34. The number of rotatable bonds is 5. The van der Waals surface area contributed by atoms with Gasteiger partial charge in [0.15, 0.2) is 0 Å². The van der Waals surface area contributed by atoms with Crippen molar-refractivity contribution in [3.05, 3.63) is 0 Å². The van der Waals surface area contributed by atoms with Crippen molar-refractivity contribution in [2.75, 3.05) is 6.61 Å². The molecule has 0 amide bonds. The summed E-state index contributed by atoms with van der Waals surface area (Å²) in [6, 6.07) is 2.10. The molecule has 0 aromatic carbocycles. The van der Waals surface area contributed by atoms with Crippen LogP contribution in [0.2, 0.25) is 0 Å². The molecule has 58 valence electrons. The molecule has 0 fully saturated rings. The molecular formula is C8H15NO. The molecule has 2 heteroatoms. The van der Waals surface area contributed by atoms with E-state index < -0.39 is 0 Å². The maximum absolute atomic E-state index is 8.34. The van der Waals surface area contributed by atoms with E-state index in [4.69, 9.17) is 10.00 Å². The minimum absolute atomic E-state index is 0.157. The van der Waals surface area contributed by atoms with Gasteiger partial charge in [-0.1, -0.05) is 13.8 Å². The normalized spacial score (nSPS) is 12.5. The second-order valence-electron chi connectivity index (χ2n) is 2.26. The topological polar surface area (TPSA) is 33.0 Å². The summed E-state index contributed by atoms with van der Waals surface area (Å²) in [5, 5.41) is 8.34. The summed E-state index contributed by atoms with van der Waals surface area (Å²) in [5.74, 6) is 0. The van der Waals surface area contributed by atoms with Gasteiger partial charge in [0.05, 0.1) is 18.6 Å². The molecule has 2 nitrogen and oxygen atoms in total. The highest BCUT2D eigenvalue weighted by Gasteiger charge is 2.03. The summed E-state index contributed by atoms with van der Waals surface area (Å²) in [5.41, 5.74) is 0. The Morgan fingerprint density at radius 3 is 2.60 bits per heavy atom. The molecule has 10 heavy (non-hydrogen) atoms. The van der Waals surface area contributed by atoms with Gasteiger partial charge >= 0.3 is 0 Å². The van der Waals surface area contributed by atoms with E-state index in [1.54, 1.807) is 0 Å². The second-order valence-corrected chi connectivity index (χ2v) is 2.26. The summed E-state index contributed by atoms with van der Waals surface area (Å²) >= 11 is 0. The Balaban J connectivity index is 3.32. The Labute approximate surface area is 62.8 Å². The lowest BCUT2D eigenvalue weighted by molar-refractivity contribution is 0.0544. The molecule has 0 N–H and O–H groups in total. The molecule has 1 atom stereocenters. The summed E-state index contributed by atoms with van der Waals surface area (Å²) in [4.78, 5) is 0. The highest BCUT2D eigenvalue weighted by molar-refractivity contribution is 4.75. The van der Waals surface area contributed by atoms with E-state index in [0.717, 1.165) is 19.4 Å². The Kier molecular flexibility index (Phi) is 6.21. The lowest BCUT2D eigenvalue weighted by Crippen LogP contribution is -2.10. The van der Waals surface area contributed by atoms with Crippen molar-refractivity contribution >= 4 is 0 Å². The first-order chi connectivity index (χ1) is 4.85. The van der Waals surface area contributed by atoms with Crippen LogP contribution in [0.15, 0.2) is 0 Å². The number of ether oxygens (including phenoxy) is 1. The largest absolute Gasteiger partial charge is 0.377 e. The first-order valence-electron chi connectivity index (χ1n) is 3.83. The van der Waals surface area contributed by atoms with Gasteiger partial charge in [-0.3, -0.25) is 0 Å². The molecule has 0 aliphatic heterocycles. The quantitative estimate of drug-likeness (QED) is 0.587. The van der Waals surface area contributed by atoms with Crippen LogP contribution >= 0.6 is 0 Å². The van der Waals surface area contributed by atoms with E-state index in [1.165, 1.54) is 0 Å². The second kappa shape index (κ2) is 6.57. The van der Waals surface area contributed by atoms with Crippen LogP contribution in [-0.4, -0.2) is 12.7 Å². The Hall–Kier alpha value is -0.550. The molecule has 0 aliphatic carbocycles. The molecule has 0 heterocycles. The monoisotopic (exact) mass is 141 g/mol. The average Bonchev–Trinajstić information content (AvgIpc) is 1.98. The molecule has 0 aromatic rings. The Bertz CT molecular complexity index is 106. The zero-order chi connectivity index (χ0) is 7.82. The summed E-state index contributed by atoms with van der Waals surface area (Å²) < 4.78 is 5.36. The minimum atomic E-state index is 0.157. The number of nitriles is 1. The molecular weight excluding hydrogens is 126 g/mol. The fraction of sp³-hybridized carbons (Fsp3) is 0.875. The summed E-state index contributed by atoms with van der Waals surface area (Å²) in [6.07, 6.45) is 2.65. The molecule has 0 aromatic heterocycles. The maximum Gasteiger partial charge on any atom is 0.0702 e. The molecule has 0 radical (unpaired) electrons. The smallest absolute Gasteiger partial charge is 0.0702 e. The molecule has 0 rings (SSSR count). The van der Waals surface area contributed by atoms with Crippen molar-refractivity contribution in [1.29, 1.82) is 5.26 Å². The van der Waals surface area contributed by atoms with Crippen molar-refractivity contribution < 1.29 is 4.74 Å². The van der Waals surface area contributed by atoms with Gasteiger partial charge in [-0.15, -0.1) is 0 Å². The standard InChI is InChI=1S/C8H15NO/c1-3-7-10-8(4-2)5-6-9/h8H,3-5,7H2,1-2H3. The number of hydrogen-bond acceptors (Lipinski definition) is 2. The molecule has 0 saturated carbocycles. The van der Waals surface area contributed by atoms with E-state index in [-0.39, 0.29) is 6.10 Å². The predicted octanol–water partition coefficient (Wildman–Crippen LogP) is 2.11. The Morgan fingerprint density at radius 2 is 2.20 bits per heavy atom. The van der Waals surface area contributed by atoms with Crippen LogP contribution in [0.4, 0.5) is 0 Å². The van der Waals surface area contributed by atoms with E-state index >= 15 is 0 Å². The third kappa shape index (κ3) is 4.34. The van der Waals surface area contributed by atoms with Crippen molar-refractivity contribution in [1.82, 2.24) is 0 Å². The third-order valence-corrected chi connectivity index (χ3v) is 1.33. The Morgan fingerprint density at radius 1 is 1.50 bits per heavy atom. The van der Waals surface area contributed by atoms with Crippen LogP contribution in [0.25, 0.3) is 0 Å². The average molecular weight is 141 g/mol. The number of nitrogens with zero attached hydrogens (tertiary/aromatic N) is 1. The highest BCUT2D eigenvalue weighted by atomic mass is 16.5. The molecule has 0 aliphatic rings. The minimum Gasteiger partial charge on any atom is -0.377 e. The van der Waals surface area contributed by atoms with Crippen molar-refractivity contribution in [3.8, 4) is 6.07 Å². The van der Waals surface area contributed by atoms with Gasteiger partial charge < -0.3 is 4.74 Å². The van der Waals surface area contributed by atoms with E-state index in [9.17, 15) is 0 Å². The van der Waals surface area contributed by atoms with Gasteiger partial charge in [-0.2, -0.15) is 5.26 Å². The first kappa shape index (κ1) is 9.45. The number of hydrogen-bond donors (Lipinski definition) is 0. The molecule has 0 bridgehead atoms. The highest BCUT2D eigenvalue weighted by Crippen LogP contribution is 2.02. The fourth-order valence-corrected chi connectivity index (χ4v) is 0.707. The van der Waals surface area contributed by atoms with E-state index in [0.29, 0.717) is 6.42 Å². The predicted molar refractivity (Wildman–Crippen MR) is 40.6 cm³/mol. The zero-order valence-electron chi connectivity index (χ0n) is 6.76. The first-order valence-corrected chi connectivity index (χ1v) is 3.83. The van der Waals surface area contributed by atoms with Crippen LogP contribution in [0, 0.1) is 11.3 Å². The van der Waals surface area contributed by atoms with Gasteiger partial charge in [0.2, 0.25) is 0 Å². The summed E-state index contributed by atoms with van der Waals surface area (Å²) in [6.45, 7) is 4.89. The van der Waals surface area contributed by atoms with Gasteiger partial charge in [0.25, 0.3) is 0 Å². The third-order valence-electron chi connectivity index (χ3n) is 1.33. The molecule has 1 unspecified atom stereocenters. The molecule has 0 spiro atoms. The van der Waals surface area contributed by atoms with Crippen molar-refractivity contribution in [2.24, 2.45) is 0 Å². The van der Waals surface area contributed by atoms with E-state index in [1.807, 2.05) is 6.92 Å². The van der Waals surface area contributed by atoms with Crippen LogP contribution < -0.4 is 0 Å². The van der Waals surface area contributed by atoms with Gasteiger partial charge in [-0.05, 0) is 12.8 Å². The van der Waals surface area contributed by atoms with Gasteiger partial charge in [0.1, 0.15) is 0 Å². The van der Waals surface area contributed by atoms with Gasteiger partial charge in [0, 0.05) is 6.61 Å².